The summed E-state index contributed by atoms with van der Waals surface area (Å²) in [7, 11) is 0. The van der Waals surface area contributed by atoms with E-state index in [0.29, 0.717) is 17.8 Å². The number of hydrogen-bond donors (Lipinski definition) is 2. The van der Waals surface area contributed by atoms with Crippen LogP contribution in [0.25, 0.3) is 0 Å². The Morgan fingerprint density at radius 3 is 2.94 bits per heavy atom. The Morgan fingerprint density at radius 1 is 1.50 bits per heavy atom. The van der Waals surface area contributed by atoms with Gasteiger partial charge in [0.15, 0.2) is 0 Å². The zero-order valence-electron chi connectivity index (χ0n) is 11.4. The standard InChI is InChI=1S/C15H24N2O/c1-3-17(14-7-5-9-16-11-14)12(2)13-6-4-8-15(18)10-13/h4,6,8,10,12,14,16,18H,3,5,7,9,11H2,1-2H3. The monoisotopic (exact) mass is 248 g/mol. The zero-order valence-corrected chi connectivity index (χ0v) is 11.4. The quantitative estimate of drug-likeness (QED) is 0.859. The highest BCUT2D eigenvalue weighted by Crippen LogP contribution is 2.26. The fourth-order valence-corrected chi connectivity index (χ4v) is 2.94. The Bertz CT molecular complexity index is 375. The lowest BCUT2D eigenvalue weighted by Gasteiger charge is -2.38. The first kappa shape index (κ1) is 13.4. The van der Waals surface area contributed by atoms with Crippen LogP contribution in [0.1, 0.15) is 38.3 Å². The summed E-state index contributed by atoms with van der Waals surface area (Å²) in [6.45, 7) is 7.72. The normalized spacial score (nSPS) is 22.1. The highest BCUT2D eigenvalue weighted by atomic mass is 16.3. The van der Waals surface area contributed by atoms with Crippen LogP contribution in [-0.4, -0.2) is 35.7 Å². The lowest BCUT2D eigenvalue weighted by Crippen LogP contribution is -2.46. The van der Waals surface area contributed by atoms with Gasteiger partial charge in [-0.25, -0.2) is 0 Å². The van der Waals surface area contributed by atoms with Crippen molar-refractivity contribution in [2.24, 2.45) is 0 Å². The van der Waals surface area contributed by atoms with Crippen LogP contribution in [0.15, 0.2) is 24.3 Å². The molecule has 1 aromatic carbocycles. The smallest absolute Gasteiger partial charge is 0.115 e. The van der Waals surface area contributed by atoms with Crippen LogP contribution in [0.5, 0.6) is 5.75 Å². The molecule has 2 N–H and O–H groups in total. The maximum absolute atomic E-state index is 9.60. The summed E-state index contributed by atoms with van der Waals surface area (Å²) >= 11 is 0. The Balaban J connectivity index is 2.11. The fraction of sp³-hybridized carbons (Fsp3) is 0.600. The molecule has 0 saturated carbocycles. The van der Waals surface area contributed by atoms with Crippen molar-refractivity contribution < 1.29 is 5.11 Å². The molecule has 0 spiro atoms. The van der Waals surface area contributed by atoms with Crippen LogP contribution in [0.2, 0.25) is 0 Å². The van der Waals surface area contributed by atoms with Crippen LogP contribution < -0.4 is 5.32 Å². The number of phenols is 1. The second-order valence-corrected chi connectivity index (χ2v) is 5.10. The number of benzene rings is 1. The van der Waals surface area contributed by atoms with Gasteiger partial charge in [-0.2, -0.15) is 0 Å². The number of aromatic hydroxyl groups is 1. The van der Waals surface area contributed by atoms with Crippen molar-refractivity contribution in [1.29, 1.82) is 0 Å². The van der Waals surface area contributed by atoms with Crippen LogP contribution in [-0.2, 0) is 0 Å². The summed E-state index contributed by atoms with van der Waals surface area (Å²) in [5.74, 6) is 0.358. The lowest BCUT2D eigenvalue weighted by atomic mass is 10.0. The first-order chi connectivity index (χ1) is 8.72. The van der Waals surface area contributed by atoms with Gasteiger partial charge in [-0.1, -0.05) is 19.1 Å². The van der Waals surface area contributed by atoms with E-state index in [2.05, 4.69) is 30.1 Å². The van der Waals surface area contributed by atoms with Crippen LogP contribution in [0, 0.1) is 0 Å². The average Bonchev–Trinajstić information content (AvgIpc) is 2.41. The number of likely N-dealkylation sites (N-methyl/N-ethyl adjacent to an activating group) is 1. The van der Waals surface area contributed by atoms with Crippen LogP contribution in [0.3, 0.4) is 0 Å². The van der Waals surface area contributed by atoms with E-state index in [1.807, 2.05) is 12.1 Å². The molecule has 0 bridgehead atoms. The van der Waals surface area contributed by atoms with Crippen LogP contribution in [0.4, 0.5) is 0 Å². The topological polar surface area (TPSA) is 35.5 Å². The minimum Gasteiger partial charge on any atom is -0.508 e. The van der Waals surface area contributed by atoms with Gasteiger partial charge in [-0.05, 0) is 50.6 Å². The van der Waals surface area contributed by atoms with Crippen molar-refractivity contribution in [3.8, 4) is 5.75 Å². The molecule has 3 nitrogen and oxygen atoms in total. The van der Waals surface area contributed by atoms with Crippen molar-refractivity contribution in [3.63, 3.8) is 0 Å². The molecule has 0 aliphatic carbocycles. The van der Waals surface area contributed by atoms with E-state index in [1.165, 1.54) is 18.4 Å². The third-order valence-electron chi connectivity index (χ3n) is 3.96. The predicted octanol–water partition coefficient (Wildman–Crippen LogP) is 2.53. The van der Waals surface area contributed by atoms with E-state index in [-0.39, 0.29) is 0 Å². The first-order valence-electron chi connectivity index (χ1n) is 6.97. The highest BCUT2D eigenvalue weighted by molar-refractivity contribution is 5.29. The van der Waals surface area contributed by atoms with E-state index >= 15 is 0 Å². The number of nitrogens with zero attached hydrogens (tertiary/aromatic N) is 1. The average molecular weight is 248 g/mol. The largest absolute Gasteiger partial charge is 0.508 e. The van der Waals surface area contributed by atoms with Gasteiger partial charge in [0.2, 0.25) is 0 Å². The second-order valence-electron chi connectivity index (χ2n) is 5.10. The Morgan fingerprint density at radius 2 is 2.33 bits per heavy atom. The minimum absolute atomic E-state index is 0.354. The third kappa shape index (κ3) is 3.03. The molecule has 1 aliphatic heterocycles. The summed E-state index contributed by atoms with van der Waals surface area (Å²) < 4.78 is 0. The Labute approximate surface area is 110 Å². The molecule has 2 unspecified atom stereocenters. The number of phenolic OH excluding ortho intramolecular Hbond substituents is 1. The van der Waals surface area contributed by atoms with Gasteiger partial charge in [-0.3, -0.25) is 4.90 Å². The van der Waals surface area contributed by atoms with E-state index in [1.54, 1.807) is 6.07 Å². The van der Waals surface area contributed by atoms with Gasteiger partial charge in [0.1, 0.15) is 5.75 Å². The highest BCUT2D eigenvalue weighted by Gasteiger charge is 2.24. The molecule has 1 aliphatic rings. The number of rotatable bonds is 4. The molecule has 100 valence electrons. The van der Waals surface area contributed by atoms with Gasteiger partial charge in [-0.15, -0.1) is 0 Å². The molecule has 2 atom stereocenters. The number of hydrogen-bond acceptors (Lipinski definition) is 3. The predicted molar refractivity (Wildman–Crippen MR) is 74.8 cm³/mol. The molecule has 2 rings (SSSR count). The molecular weight excluding hydrogens is 224 g/mol. The zero-order chi connectivity index (χ0) is 13.0. The summed E-state index contributed by atoms with van der Waals surface area (Å²) in [5.41, 5.74) is 1.20. The molecule has 0 radical (unpaired) electrons. The molecule has 18 heavy (non-hydrogen) atoms. The summed E-state index contributed by atoms with van der Waals surface area (Å²) in [6, 6.07) is 8.60. The summed E-state index contributed by atoms with van der Waals surface area (Å²) in [4.78, 5) is 2.53. The molecule has 1 fully saturated rings. The lowest BCUT2D eigenvalue weighted by molar-refractivity contribution is 0.128. The molecule has 0 amide bonds. The fourth-order valence-electron chi connectivity index (χ4n) is 2.94. The molecule has 1 saturated heterocycles. The summed E-state index contributed by atoms with van der Waals surface area (Å²) in [6.07, 6.45) is 2.53. The van der Waals surface area contributed by atoms with Crippen molar-refractivity contribution in [3.05, 3.63) is 29.8 Å². The molecule has 3 heteroatoms. The maximum atomic E-state index is 9.60. The van der Waals surface area contributed by atoms with Crippen molar-refractivity contribution in [2.75, 3.05) is 19.6 Å². The van der Waals surface area contributed by atoms with Gasteiger partial charge in [0, 0.05) is 18.6 Å². The van der Waals surface area contributed by atoms with Gasteiger partial charge >= 0.3 is 0 Å². The maximum Gasteiger partial charge on any atom is 0.115 e. The minimum atomic E-state index is 0.354. The molecule has 1 aromatic rings. The summed E-state index contributed by atoms with van der Waals surface area (Å²) in [5, 5.41) is 13.1. The van der Waals surface area contributed by atoms with Gasteiger partial charge < -0.3 is 10.4 Å². The van der Waals surface area contributed by atoms with E-state index in [4.69, 9.17) is 0 Å². The molecular formula is C15H24N2O. The van der Waals surface area contributed by atoms with E-state index in [0.717, 1.165) is 19.6 Å². The van der Waals surface area contributed by atoms with Crippen molar-refractivity contribution >= 4 is 0 Å². The number of piperidine rings is 1. The van der Waals surface area contributed by atoms with E-state index in [9.17, 15) is 5.11 Å². The molecule has 0 aromatic heterocycles. The van der Waals surface area contributed by atoms with Gasteiger partial charge in [0.05, 0.1) is 0 Å². The van der Waals surface area contributed by atoms with Gasteiger partial charge in [0.25, 0.3) is 0 Å². The molecule has 1 heterocycles. The number of nitrogens with one attached hydrogen (secondary N) is 1. The SMILES string of the molecule is CCN(C1CCCNC1)C(C)c1cccc(O)c1. The van der Waals surface area contributed by atoms with Crippen molar-refractivity contribution in [2.45, 2.75) is 38.8 Å². The third-order valence-corrected chi connectivity index (χ3v) is 3.96. The first-order valence-corrected chi connectivity index (χ1v) is 6.97. The van der Waals surface area contributed by atoms with E-state index < -0.39 is 0 Å². The van der Waals surface area contributed by atoms with Crippen molar-refractivity contribution in [1.82, 2.24) is 10.2 Å². The Kier molecular flexibility index (Phi) is 4.61. The second kappa shape index (κ2) is 6.21. The van der Waals surface area contributed by atoms with Crippen LogP contribution >= 0.6 is 0 Å². The Hall–Kier alpha value is -1.06.